The van der Waals surface area contributed by atoms with Crippen molar-refractivity contribution in [3.8, 4) is 0 Å². The van der Waals surface area contributed by atoms with E-state index in [4.69, 9.17) is 11.6 Å². The smallest absolute Gasteiger partial charge is 0.357 e. The lowest BCUT2D eigenvalue weighted by Crippen LogP contribution is -2.47. The first kappa shape index (κ1) is 16.6. The molecule has 2 aromatic carbocycles. The molecule has 7 heteroatoms. The van der Waals surface area contributed by atoms with Crippen LogP contribution in [0.2, 0.25) is 5.02 Å². The Balaban J connectivity index is 1.60. The maximum Gasteiger partial charge on any atom is 0.357 e. The lowest BCUT2D eigenvalue weighted by Gasteiger charge is -2.37. The summed E-state index contributed by atoms with van der Waals surface area (Å²) in [7, 11) is 0. The molecule has 1 fully saturated rings. The highest BCUT2D eigenvalue weighted by Gasteiger charge is 2.22. The molecule has 26 heavy (non-hydrogen) atoms. The van der Waals surface area contributed by atoms with Gasteiger partial charge in [-0.1, -0.05) is 41.9 Å². The molecule has 6 nitrogen and oxygen atoms in total. The van der Waals surface area contributed by atoms with Gasteiger partial charge in [0.25, 0.3) is 0 Å². The minimum absolute atomic E-state index is 0.0121. The highest BCUT2D eigenvalue weighted by molar-refractivity contribution is 6.30. The van der Waals surface area contributed by atoms with Gasteiger partial charge in [0.2, 0.25) is 0 Å². The van der Waals surface area contributed by atoms with Crippen LogP contribution in [-0.4, -0.2) is 47.5 Å². The molecular formula is C19H17ClN4O2. The summed E-state index contributed by atoms with van der Waals surface area (Å²) in [5.41, 5.74) is 1.09. The Bertz CT molecular complexity index is 971. The lowest BCUT2D eigenvalue weighted by molar-refractivity contribution is 0.0691. The first-order chi connectivity index (χ1) is 12.6. The molecule has 0 radical (unpaired) electrons. The number of halogens is 1. The fourth-order valence-corrected chi connectivity index (χ4v) is 3.52. The van der Waals surface area contributed by atoms with E-state index in [0.29, 0.717) is 5.39 Å². The summed E-state index contributed by atoms with van der Waals surface area (Å²) >= 11 is 6.09. The van der Waals surface area contributed by atoms with E-state index in [-0.39, 0.29) is 5.69 Å². The number of aromatic carboxylic acids is 1. The van der Waals surface area contributed by atoms with Crippen molar-refractivity contribution >= 4 is 39.8 Å². The van der Waals surface area contributed by atoms with Gasteiger partial charge in [-0.05, 0) is 18.2 Å². The molecule has 1 aromatic heterocycles. The van der Waals surface area contributed by atoms with E-state index in [9.17, 15) is 9.90 Å². The van der Waals surface area contributed by atoms with Crippen LogP contribution in [0.5, 0.6) is 0 Å². The largest absolute Gasteiger partial charge is 0.476 e. The molecular weight excluding hydrogens is 352 g/mol. The van der Waals surface area contributed by atoms with Gasteiger partial charge in [-0.3, -0.25) is 0 Å². The van der Waals surface area contributed by atoms with Gasteiger partial charge in [-0.15, -0.1) is 10.2 Å². The van der Waals surface area contributed by atoms with E-state index in [0.717, 1.165) is 48.1 Å². The van der Waals surface area contributed by atoms with Crippen LogP contribution in [0.3, 0.4) is 0 Å². The fourth-order valence-electron chi connectivity index (χ4n) is 3.33. The fraction of sp³-hybridized carbons (Fsp3) is 0.211. The first-order valence-corrected chi connectivity index (χ1v) is 8.75. The van der Waals surface area contributed by atoms with Crippen molar-refractivity contribution in [2.75, 3.05) is 36.0 Å². The number of nitrogens with zero attached hydrogens (tertiary/aromatic N) is 4. The SMILES string of the molecule is O=C(O)c1nnc(N2CCN(c3cccc(Cl)c3)CC2)c2ccccc12. The van der Waals surface area contributed by atoms with Gasteiger partial charge >= 0.3 is 5.97 Å². The third-order valence-corrected chi connectivity index (χ3v) is 4.86. The van der Waals surface area contributed by atoms with E-state index in [1.807, 2.05) is 36.4 Å². The van der Waals surface area contributed by atoms with Crippen molar-refractivity contribution in [1.29, 1.82) is 0 Å². The predicted octanol–water partition coefficient (Wildman–Crippen LogP) is 3.31. The van der Waals surface area contributed by atoms with Crippen molar-refractivity contribution in [1.82, 2.24) is 10.2 Å². The second-order valence-electron chi connectivity index (χ2n) is 6.18. The maximum absolute atomic E-state index is 11.4. The van der Waals surface area contributed by atoms with Gasteiger partial charge in [-0.25, -0.2) is 4.79 Å². The zero-order valence-electron chi connectivity index (χ0n) is 14.0. The van der Waals surface area contributed by atoms with Crippen LogP contribution in [-0.2, 0) is 0 Å². The van der Waals surface area contributed by atoms with Crippen LogP contribution in [0, 0.1) is 0 Å². The molecule has 0 spiro atoms. The number of fused-ring (bicyclic) bond motifs is 1. The summed E-state index contributed by atoms with van der Waals surface area (Å²) in [6, 6.07) is 15.2. The molecule has 0 amide bonds. The molecule has 1 aliphatic rings. The Hall–Kier alpha value is -2.86. The van der Waals surface area contributed by atoms with Crippen LogP contribution < -0.4 is 9.80 Å². The molecule has 0 bridgehead atoms. The van der Waals surface area contributed by atoms with Crippen molar-refractivity contribution in [3.63, 3.8) is 0 Å². The highest BCUT2D eigenvalue weighted by Crippen LogP contribution is 2.28. The van der Waals surface area contributed by atoms with E-state index in [1.165, 1.54) is 0 Å². The van der Waals surface area contributed by atoms with E-state index in [1.54, 1.807) is 6.07 Å². The van der Waals surface area contributed by atoms with Gasteiger partial charge < -0.3 is 14.9 Å². The summed E-state index contributed by atoms with van der Waals surface area (Å²) in [4.78, 5) is 15.8. The number of piperazine rings is 1. The minimum atomic E-state index is -1.06. The number of rotatable bonds is 3. The average molecular weight is 369 g/mol. The van der Waals surface area contributed by atoms with Crippen molar-refractivity contribution in [2.24, 2.45) is 0 Å². The molecule has 0 aliphatic carbocycles. The number of anilines is 2. The number of carboxylic acids is 1. The second kappa shape index (κ2) is 6.80. The monoisotopic (exact) mass is 368 g/mol. The highest BCUT2D eigenvalue weighted by atomic mass is 35.5. The number of benzene rings is 2. The van der Waals surface area contributed by atoms with Gasteiger partial charge in [0, 0.05) is 47.7 Å². The molecule has 0 atom stereocenters. The summed E-state index contributed by atoms with van der Waals surface area (Å²) in [6.07, 6.45) is 0. The molecule has 4 rings (SSSR count). The van der Waals surface area contributed by atoms with E-state index >= 15 is 0 Å². The number of hydrogen-bond acceptors (Lipinski definition) is 5. The molecule has 3 aromatic rings. The van der Waals surface area contributed by atoms with Gasteiger partial charge in [0.1, 0.15) is 0 Å². The summed E-state index contributed by atoms with van der Waals surface area (Å²) in [5.74, 6) is -0.331. The Morgan fingerprint density at radius 2 is 1.62 bits per heavy atom. The van der Waals surface area contributed by atoms with Crippen molar-refractivity contribution < 1.29 is 9.90 Å². The molecule has 2 heterocycles. The number of carbonyl (C=O) groups is 1. The number of carboxylic acid groups (broad SMARTS) is 1. The van der Waals surface area contributed by atoms with Crippen LogP contribution in [0.1, 0.15) is 10.5 Å². The molecule has 0 unspecified atom stereocenters. The Morgan fingerprint density at radius 3 is 2.31 bits per heavy atom. The third kappa shape index (κ3) is 3.04. The number of hydrogen-bond donors (Lipinski definition) is 1. The number of aromatic nitrogens is 2. The normalized spacial score (nSPS) is 14.7. The molecule has 1 saturated heterocycles. The lowest BCUT2D eigenvalue weighted by atomic mass is 10.1. The van der Waals surface area contributed by atoms with Gasteiger partial charge in [0.15, 0.2) is 11.5 Å². The zero-order valence-corrected chi connectivity index (χ0v) is 14.7. The zero-order chi connectivity index (χ0) is 18.1. The molecule has 132 valence electrons. The second-order valence-corrected chi connectivity index (χ2v) is 6.61. The van der Waals surface area contributed by atoms with Crippen LogP contribution in [0.4, 0.5) is 11.5 Å². The quantitative estimate of drug-likeness (QED) is 0.764. The topological polar surface area (TPSA) is 69.6 Å². The van der Waals surface area contributed by atoms with Crippen molar-refractivity contribution in [3.05, 3.63) is 59.2 Å². The van der Waals surface area contributed by atoms with Gasteiger partial charge in [0.05, 0.1) is 0 Å². The Labute approximate surface area is 155 Å². The average Bonchev–Trinajstić information content (AvgIpc) is 2.67. The molecule has 0 saturated carbocycles. The van der Waals surface area contributed by atoms with Crippen molar-refractivity contribution in [2.45, 2.75) is 0 Å². The van der Waals surface area contributed by atoms with E-state index < -0.39 is 5.97 Å². The Kier molecular flexibility index (Phi) is 4.34. The third-order valence-electron chi connectivity index (χ3n) is 4.62. The van der Waals surface area contributed by atoms with Crippen LogP contribution in [0.25, 0.3) is 10.8 Å². The van der Waals surface area contributed by atoms with Crippen LogP contribution in [0.15, 0.2) is 48.5 Å². The summed E-state index contributed by atoms with van der Waals surface area (Å²) in [5, 5.41) is 19.7. The van der Waals surface area contributed by atoms with E-state index in [2.05, 4.69) is 26.1 Å². The standard InChI is InChI=1S/C19H17ClN4O2/c20-13-4-3-5-14(12-13)23-8-10-24(11-9-23)18-16-7-2-1-6-15(16)17(19(25)26)21-22-18/h1-7,12H,8-11H2,(H,25,26). The minimum Gasteiger partial charge on any atom is -0.476 e. The summed E-state index contributed by atoms with van der Waals surface area (Å²) in [6.45, 7) is 3.21. The predicted molar refractivity (Wildman–Crippen MR) is 102 cm³/mol. The summed E-state index contributed by atoms with van der Waals surface area (Å²) < 4.78 is 0. The maximum atomic E-state index is 11.4. The Morgan fingerprint density at radius 1 is 0.923 bits per heavy atom. The first-order valence-electron chi connectivity index (χ1n) is 8.37. The molecule has 1 N–H and O–H groups in total. The molecule has 1 aliphatic heterocycles. The van der Waals surface area contributed by atoms with Crippen LogP contribution >= 0.6 is 11.6 Å². The van der Waals surface area contributed by atoms with Gasteiger partial charge in [-0.2, -0.15) is 0 Å².